The molecule has 0 aliphatic heterocycles. The van der Waals surface area contributed by atoms with Gasteiger partial charge >= 0.3 is 0 Å². The van der Waals surface area contributed by atoms with Crippen molar-refractivity contribution in [3.05, 3.63) is 0 Å². The SMILES string of the molecule is CCO[C@@H](C)C[C@@H](C)[C@H](O)CO. The molecular weight excluding hydrogens is 156 g/mol. The fourth-order valence-electron chi connectivity index (χ4n) is 1.21. The Kier molecular flexibility index (Phi) is 6.34. The Morgan fingerprint density at radius 2 is 1.92 bits per heavy atom. The summed E-state index contributed by atoms with van der Waals surface area (Å²) in [5.74, 6) is 0.0940. The van der Waals surface area contributed by atoms with Crippen LogP contribution in [0.5, 0.6) is 0 Å². The lowest BCUT2D eigenvalue weighted by Gasteiger charge is -2.20. The molecule has 0 fully saturated rings. The molecule has 0 aromatic carbocycles. The number of aliphatic hydroxyl groups is 2. The molecule has 0 aliphatic carbocycles. The van der Waals surface area contributed by atoms with Crippen LogP contribution in [0.4, 0.5) is 0 Å². The van der Waals surface area contributed by atoms with Crippen molar-refractivity contribution in [3.63, 3.8) is 0 Å². The number of ether oxygens (including phenoxy) is 1. The largest absolute Gasteiger partial charge is 0.394 e. The molecule has 0 aliphatic rings. The summed E-state index contributed by atoms with van der Waals surface area (Å²) in [6, 6.07) is 0. The minimum atomic E-state index is -0.618. The summed E-state index contributed by atoms with van der Waals surface area (Å²) in [5, 5.41) is 17.9. The summed E-state index contributed by atoms with van der Waals surface area (Å²) >= 11 is 0. The zero-order valence-electron chi connectivity index (χ0n) is 8.16. The number of hydrogen-bond acceptors (Lipinski definition) is 3. The summed E-state index contributed by atoms with van der Waals surface area (Å²) in [6.07, 6.45) is 0.328. The molecule has 0 spiro atoms. The maximum absolute atomic E-state index is 9.24. The number of hydrogen-bond donors (Lipinski definition) is 2. The van der Waals surface area contributed by atoms with E-state index in [1.165, 1.54) is 0 Å². The molecule has 3 nitrogen and oxygen atoms in total. The highest BCUT2D eigenvalue weighted by Crippen LogP contribution is 2.12. The Bertz CT molecular complexity index is 106. The molecule has 0 heterocycles. The van der Waals surface area contributed by atoms with E-state index in [2.05, 4.69) is 0 Å². The van der Waals surface area contributed by atoms with Crippen LogP contribution in [0.2, 0.25) is 0 Å². The van der Waals surface area contributed by atoms with E-state index in [0.717, 1.165) is 6.42 Å². The Balaban J connectivity index is 3.59. The zero-order chi connectivity index (χ0) is 9.56. The number of aliphatic hydroxyl groups excluding tert-OH is 2. The Morgan fingerprint density at radius 1 is 1.33 bits per heavy atom. The smallest absolute Gasteiger partial charge is 0.0797 e. The predicted octanol–water partition coefficient (Wildman–Crippen LogP) is 0.791. The van der Waals surface area contributed by atoms with Crippen LogP contribution in [0, 0.1) is 5.92 Å². The van der Waals surface area contributed by atoms with Crippen molar-refractivity contribution in [3.8, 4) is 0 Å². The summed E-state index contributed by atoms with van der Waals surface area (Å²) < 4.78 is 5.31. The van der Waals surface area contributed by atoms with Gasteiger partial charge in [0.1, 0.15) is 0 Å². The van der Waals surface area contributed by atoms with Gasteiger partial charge in [-0.1, -0.05) is 6.92 Å². The van der Waals surface area contributed by atoms with Crippen LogP contribution in [0.1, 0.15) is 27.2 Å². The van der Waals surface area contributed by atoms with Crippen LogP contribution in [-0.4, -0.2) is 35.6 Å². The maximum atomic E-state index is 9.24. The molecule has 0 bridgehead atoms. The standard InChI is InChI=1S/C9H20O3/c1-4-12-8(3)5-7(2)9(11)6-10/h7-11H,4-6H2,1-3H3/t7-,8+,9-/m1/s1. The van der Waals surface area contributed by atoms with Crippen molar-refractivity contribution in [2.75, 3.05) is 13.2 Å². The highest BCUT2D eigenvalue weighted by molar-refractivity contribution is 4.66. The normalized spacial score (nSPS) is 18.8. The van der Waals surface area contributed by atoms with Gasteiger partial charge in [-0.05, 0) is 26.2 Å². The van der Waals surface area contributed by atoms with Gasteiger partial charge in [0.25, 0.3) is 0 Å². The van der Waals surface area contributed by atoms with Gasteiger partial charge in [0, 0.05) is 6.61 Å². The first-order valence-corrected chi connectivity index (χ1v) is 4.52. The van der Waals surface area contributed by atoms with Crippen LogP contribution in [0.15, 0.2) is 0 Å². The highest BCUT2D eigenvalue weighted by atomic mass is 16.5. The van der Waals surface area contributed by atoms with E-state index in [1.54, 1.807) is 0 Å². The summed E-state index contributed by atoms with van der Waals surface area (Å²) in [5.41, 5.74) is 0. The lowest BCUT2D eigenvalue weighted by Crippen LogP contribution is -2.25. The van der Waals surface area contributed by atoms with Crippen molar-refractivity contribution in [2.24, 2.45) is 5.92 Å². The van der Waals surface area contributed by atoms with E-state index in [1.807, 2.05) is 20.8 Å². The predicted molar refractivity (Wildman–Crippen MR) is 48.0 cm³/mol. The monoisotopic (exact) mass is 176 g/mol. The second-order valence-corrected chi connectivity index (χ2v) is 3.23. The quantitative estimate of drug-likeness (QED) is 0.629. The minimum Gasteiger partial charge on any atom is -0.394 e. The second-order valence-electron chi connectivity index (χ2n) is 3.23. The zero-order valence-corrected chi connectivity index (χ0v) is 8.16. The molecule has 2 N–H and O–H groups in total. The summed E-state index contributed by atoms with van der Waals surface area (Å²) in [4.78, 5) is 0. The van der Waals surface area contributed by atoms with Gasteiger partial charge in [-0.15, -0.1) is 0 Å². The van der Waals surface area contributed by atoms with E-state index in [4.69, 9.17) is 9.84 Å². The van der Waals surface area contributed by atoms with Crippen molar-refractivity contribution < 1.29 is 14.9 Å². The van der Waals surface area contributed by atoms with Gasteiger partial charge in [0.15, 0.2) is 0 Å². The van der Waals surface area contributed by atoms with Gasteiger partial charge in [-0.3, -0.25) is 0 Å². The van der Waals surface area contributed by atoms with Gasteiger partial charge < -0.3 is 14.9 Å². The summed E-state index contributed by atoms with van der Waals surface area (Å²) in [7, 11) is 0. The first kappa shape index (κ1) is 11.9. The molecule has 0 saturated heterocycles. The van der Waals surface area contributed by atoms with E-state index in [9.17, 15) is 5.11 Å². The van der Waals surface area contributed by atoms with Crippen LogP contribution in [0.3, 0.4) is 0 Å². The van der Waals surface area contributed by atoms with Gasteiger partial charge in [0.2, 0.25) is 0 Å². The third-order valence-corrected chi connectivity index (χ3v) is 2.00. The lowest BCUT2D eigenvalue weighted by molar-refractivity contribution is 0.00997. The molecule has 0 amide bonds. The van der Waals surface area contributed by atoms with Crippen molar-refractivity contribution >= 4 is 0 Å². The molecule has 0 aromatic rings. The molecule has 0 unspecified atom stereocenters. The highest BCUT2D eigenvalue weighted by Gasteiger charge is 2.15. The molecular formula is C9H20O3. The van der Waals surface area contributed by atoms with Crippen LogP contribution >= 0.6 is 0 Å². The third kappa shape index (κ3) is 4.70. The van der Waals surface area contributed by atoms with Gasteiger partial charge in [-0.2, -0.15) is 0 Å². The fraction of sp³-hybridized carbons (Fsp3) is 1.00. The van der Waals surface area contributed by atoms with Crippen LogP contribution in [0.25, 0.3) is 0 Å². The first-order chi connectivity index (χ1) is 5.61. The molecule has 3 heteroatoms. The topological polar surface area (TPSA) is 49.7 Å². The molecule has 0 aromatic heterocycles. The summed E-state index contributed by atoms with van der Waals surface area (Å²) in [6.45, 7) is 6.37. The molecule has 0 saturated carbocycles. The Morgan fingerprint density at radius 3 is 2.33 bits per heavy atom. The van der Waals surface area contributed by atoms with Crippen LogP contribution in [-0.2, 0) is 4.74 Å². The molecule has 3 atom stereocenters. The van der Waals surface area contributed by atoms with E-state index < -0.39 is 6.10 Å². The molecule has 74 valence electrons. The third-order valence-electron chi connectivity index (χ3n) is 2.00. The lowest BCUT2D eigenvalue weighted by atomic mass is 9.98. The number of rotatable bonds is 6. The Hall–Kier alpha value is -0.120. The Labute approximate surface area is 74.4 Å². The average Bonchev–Trinajstić information content (AvgIpc) is 2.03. The fourth-order valence-corrected chi connectivity index (χ4v) is 1.21. The van der Waals surface area contributed by atoms with Crippen molar-refractivity contribution in [1.82, 2.24) is 0 Å². The van der Waals surface area contributed by atoms with Crippen molar-refractivity contribution in [1.29, 1.82) is 0 Å². The maximum Gasteiger partial charge on any atom is 0.0797 e. The van der Waals surface area contributed by atoms with Gasteiger partial charge in [0.05, 0.1) is 18.8 Å². The van der Waals surface area contributed by atoms with Crippen molar-refractivity contribution in [2.45, 2.75) is 39.4 Å². The second kappa shape index (κ2) is 6.40. The van der Waals surface area contributed by atoms with Gasteiger partial charge in [-0.25, -0.2) is 0 Å². The first-order valence-electron chi connectivity index (χ1n) is 4.52. The van der Waals surface area contributed by atoms with Crippen LogP contribution < -0.4 is 0 Å². The molecule has 12 heavy (non-hydrogen) atoms. The van der Waals surface area contributed by atoms with E-state index in [0.29, 0.717) is 6.61 Å². The van der Waals surface area contributed by atoms with E-state index in [-0.39, 0.29) is 18.6 Å². The minimum absolute atomic E-state index is 0.0940. The molecule has 0 rings (SSSR count). The van der Waals surface area contributed by atoms with E-state index >= 15 is 0 Å². The molecule has 0 radical (unpaired) electrons. The average molecular weight is 176 g/mol.